The lowest BCUT2D eigenvalue weighted by atomic mass is 10.1. The molecule has 2 aromatic rings. The highest BCUT2D eigenvalue weighted by atomic mass is 19.1. The Bertz CT molecular complexity index is 552. The Morgan fingerprint density at radius 3 is 2.80 bits per heavy atom. The molecule has 0 saturated carbocycles. The van der Waals surface area contributed by atoms with Crippen LogP contribution < -0.4 is 5.11 Å². The van der Waals surface area contributed by atoms with E-state index in [2.05, 4.69) is 4.98 Å². The molecule has 0 fully saturated rings. The number of carboxylic acids is 1. The Balaban J connectivity index is 2.76. The van der Waals surface area contributed by atoms with Crippen LogP contribution in [0.25, 0.3) is 10.9 Å². The quantitative estimate of drug-likeness (QED) is 0.697. The molecule has 15 heavy (non-hydrogen) atoms. The van der Waals surface area contributed by atoms with Crippen LogP contribution in [-0.4, -0.2) is 11.0 Å². The predicted octanol–water partition coefficient (Wildman–Crippen LogP) is 1.05. The number of benzene rings is 1. The van der Waals surface area contributed by atoms with Crippen LogP contribution in [-0.2, 0) is 0 Å². The summed E-state index contributed by atoms with van der Waals surface area (Å²) in [4.78, 5) is 14.7. The summed E-state index contributed by atoms with van der Waals surface area (Å²) in [5, 5.41) is 11.3. The zero-order chi connectivity index (χ0) is 11.0. The van der Waals surface area contributed by atoms with Crippen molar-refractivity contribution in [2.24, 2.45) is 0 Å². The van der Waals surface area contributed by atoms with E-state index < -0.39 is 11.8 Å². The smallest absolute Gasteiger partial charge is 0.125 e. The van der Waals surface area contributed by atoms with Gasteiger partial charge in [-0.05, 0) is 25.1 Å². The number of nitrogens with zero attached hydrogens (tertiary/aromatic N) is 1. The van der Waals surface area contributed by atoms with Crippen molar-refractivity contribution in [3.05, 3.63) is 41.3 Å². The average Bonchev–Trinajstić information content (AvgIpc) is 2.15. The van der Waals surface area contributed by atoms with Crippen molar-refractivity contribution in [2.75, 3.05) is 0 Å². The summed E-state index contributed by atoms with van der Waals surface area (Å²) in [7, 11) is 0. The Labute approximate surface area is 85.2 Å². The Hall–Kier alpha value is -1.97. The van der Waals surface area contributed by atoms with Gasteiger partial charge in [0.25, 0.3) is 0 Å². The van der Waals surface area contributed by atoms with Gasteiger partial charge in [-0.3, -0.25) is 4.98 Å². The maximum atomic E-state index is 12.9. The molecule has 0 aliphatic carbocycles. The largest absolute Gasteiger partial charge is 0.545 e. The summed E-state index contributed by atoms with van der Waals surface area (Å²) in [6.07, 6.45) is 0. The summed E-state index contributed by atoms with van der Waals surface area (Å²) in [5.41, 5.74) is 0.805. The van der Waals surface area contributed by atoms with Crippen molar-refractivity contribution < 1.29 is 14.3 Å². The standard InChI is InChI=1S/C11H8FNO2/c1-6-9(11(14)15)4-7-2-3-8(12)5-10(7)13-6/h2-5H,1H3,(H,14,15)/p-1. The van der Waals surface area contributed by atoms with Crippen LogP contribution in [0.4, 0.5) is 4.39 Å². The number of fused-ring (bicyclic) bond motifs is 1. The van der Waals surface area contributed by atoms with Gasteiger partial charge in [-0.1, -0.05) is 0 Å². The molecule has 0 aliphatic rings. The first-order valence-corrected chi connectivity index (χ1v) is 4.36. The van der Waals surface area contributed by atoms with Gasteiger partial charge in [0.1, 0.15) is 5.82 Å². The van der Waals surface area contributed by atoms with Crippen LogP contribution >= 0.6 is 0 Å². The molecule has 1 aromatic carbocycles. The molecule has 0 aliphatic heterocycles. The fourth-order valence-electron chi connectivity index (χ4n) is 1.44. The molecule has 0 saturated heterocycles. The number of aromatic carboxylic acids is 1. The summed E-state index contributed by atoms with van der Waals surface area (Å²) >= 11 is 0. The molecule has 2 rings (SSSR count). The van der Waals surface area contributed by atoms with E-state index in [1.54, 1.807) is 6.92 Å². The lowest BCUT2D eigenvalue weighted by Gasteiger charge is -2.07. The van der Waals surface area contributed by atoms with E-state index in [0.717, 1.165) is 0 Å². The van der Waals surface area contributed by atoms with Gasteiger partial charge in [0.05, 0.1) is 11.5 Å². The van der Waals surface area contributed by atoms with Gasteiger partial charge in [-0.25, -0.2) is 4.39 Å². The normalized spacial score (nSPS) is 10.5. The minimum absolute atomic E-state index is 0.0362. The number of hydrogen-bond acceptors (Lipinski definition) is 3. The van der Waals surface area contributed by atoms with Crippen molar-refractivity contribution in [2.45, 2.75) is 6.92 Å². The van der Waals surface area contributed by atoms with E-state index in [-0.39, 0.29) is 5.56 Å². The van der Waals surface area contributed by atoms with Gasteiger partial charge in [-0.2, -0.15) is 0 Å². The van der Waals surface area contributed by atoms with Crippen LogP contribution in [0.15, 0.2) is 24.3 Å². The highest BCUT2D eigenvalue weighted by molar-refractivity contribution is 5.92. The molecule has 1 heterocycles. The van der Waals surface area contributed by atoms with Crippen molar-refractivity contribution in [3.63, 3.8) is 0 Å². The second kappa shape index (κ2) is 3.31. The molecule has 0 amide bonds. The van der Waals surface area contributed by atoms with Crippen molar-refractivity contribution in [3.8, 4) is 0 Å². The number of halogens is 1. The van der Waals surface area contributed by atoms with E-state index >= 15 is 0 Å². The predicted molar refractivity (Wildman–Crippen MR) is 50.8 cm³/mol. The second-order valence-electron chi connectivity index (χ2n) is 3.25. The zero-order valence-electron chi connectivity index (χ0n) is 7.95. The molecule has 76 valence electrons. The summed E-state index contributed by atoms with van der Waals surface area (Å²) in [5.74, 6) is -1.66. The van der Waals surface area contributed by atoms with Gasteiger partial charge in [-0.15, -0.1) is 0 Å². The Kier molecular flexibility index (Phi) is 2.11. The third kappa shape index (κ3) is 1.66. The van der Waals surface area contributed by atoms with E-state index in [9.17, 15) is 14.3 Å². The molecule has 1 aromatic heterocycles. The monoisotopic (exact) mass is 204 g/mol. The van der Waals surface area contributed by atoms with Crippen LogP contribution in [0.1, 0.15) is 16.1 Å². The van der Waals surface area contributed by atoms with E-state index in [4.69, 9.17) is 0 Å². The third-order valence-electron chi connectivity index (χ3n) is 2.19. The van der Waals surface area contributed by atoms with Crippen LogP contribution in [0.3, 0.4) is 0 Å². The third-order valence-corrected chi connectivity index (χ3v) is 2.19. The summed E-state index contributed by atoms with van der Waals surface area (Å²) < 4.78 is 12.9. The van der Waals surface area contributed by atoms with E-state index in [1.165, 1.54) is 24.3 Å². The maximum absolute atomic E-state index is 12.9. The number of carbonyl (C=O) groups is 1. The maximum Gasteiger partial charge on any atom is 0.125 e. The lowest BCUT2D eigenvalue weighted by Crippen LogP contribution is -2.23. The van der Waals surface area contributed by atoms with Gasteiger partial charge < -0.3 is 9.90 Å². The number of pyridine rings is 1. The Morgan fingerprint density at radius 2 is 2.13 bits per heavy atom. The molecule has 0 atom stereocenters. The molecule has 4 heteroatoms. The van der Waals surface area contributed by atoms with Crippen LogP contribution in [0.2, 0.25) is 0 Å². The fraction of sp³-hybridized carbons (Fsp3) is 0.0909. The van der Waals surface area contributed by atoms with Gasteiger partial charge in [0, 0.05) is 22.7 Å². The van der Waals surface area contributed by atoms with Crippen LogP contribution in [0, 0.1) is 12.7 Å². The number of hydrogen-bond donors (Lipinski definition) is 0. The SMILES string of the molecule is Cc1nc2cc(F)ccc2cc1C(=O)[O-]. The Morgan fingerprint density at radius 1 is 1.40 bits per heavy atom. The van der Waals surface area contributed by atoms with E-state index in [1.807, 2.05) is 0 Å². The highest BCUT2D eigenvalue weighted by Gasteiger charge is 2.04. The van der Waals surface area contributed by atoms with Gasteiger partial charge in [0.2, 0.25) is 0 Å². The number of carbonyl (C=O) groups excluding carboxylic acids is 1. The van der Waals surface area contributed by atoms with Crippen molar-refractivity contribution in [1.29, 1.82) is 0 Å². The molecule has 0 unspecified atom stereocenters. The van der Waals surface area contributed by atoms with Gasteiger partial charge in [0.15, 0.2) is 0 Å². The lowest BCUT2D eigenvalue weighted by molar-refractivity contribution is -0.255. The summed E-state index contributed by atoms with van der Waals surface area (Å²) in [6, 6.07) is 5.45. The number of aryl methyl sites for hydroxylation is 1. The zero-order valence-corrected chi connectivity index (χ0v) is 7.95. The van der Waals surface area contributed by atoms with E-state index in [0.29, 0.717) is 16.6 Å². The first-order chi connectivity index (χ1) is 7.08. The van der Waals surface area contributed by atoms with Gasteiger partial charge >= 0.3 is 0 Å². The van der Waals surface area contributed by atoms with Crippen LogP contribution in [0.5, 0.6) is 0 Å². The second-order valence-corrected chi connectivity index (χ2v) is 3.25. The van der Waals surface area contributed by atoms with Crippen molar-refractivity contribution in [1.82, 2.24) is 4.98 Å². The number of aromatic nitrogens is 1. The number of rotatable bonds is 1. The fourth-order valence-corrected chi connectivity index (χ4v) is 1.44. The molecule has 0 N–H and O–H groups in total. The molecule has 0 spiro atoms. The molecular weight excluding hydrogens is 197 g/mol. The topological polar surface area (TPSA) is 53.0 Å². The first kappa shape index (κ1) is 9.58. The minimum Gasteiger partial charge on any atom is -0.545 e. The first-order valence-electron chi connectivity index (χ1n) is 4.36. The number of carboxylic acid groups (broad SMARTS) is 1. The molecular formula is C11H7FNO2-. The molecule has 0 radical (unpaired) electrons. The average molecular weight is 204 g/mol. The minimum atomic E-state index is -1.27. The molecule has 3 nitrogen and oxygen atoms in total. The highest BCUT2D eigenvalue weighted by Crippen LogP contribution is 2.17. The summed E-state index contributed by atoms with van der Waals surface area (Å²) in [6.45, 7) is 1.55. The van der Waals surface area contributed by atoms with Crippen molar-refractivity contribution >= 4 is 16.9 Å². The molecule has 0 bridgehead atoms.